The summed E-state index contributed by atoms with van der Waals surface area (Å²) in [7, 11) is -1.73. The fourth-order valence-corrected chi connectivity index (χ4v) is 5.30. The molecule has 3 heteroatoms. The number of rotatable bonds is 8. The molecule has 0 aliphatic rings. The number of hydrogen-bond acceptors (Lipinski definition) is 2. The maximum atomic E-state index is 10.7. The third kappa shape index (κ3) is 4.11. The SMILES string of the molecule is C#CC[C@](C)(O[Si](CC)(CC)CC)/C(C)=C/C=O. The van der Waals surface area contributed by atoms with Gasteiger partial charge in [-0.25, -0.2) is 0 Å². The first-order chi connectivity index (χ1) is 8.43. The molecule has 0 N–H and O–H groups in total. The van der Waals surface area contributed by atoms with Crippen LogP contribution >= 0.6 is 0 Å². The molecule has 0 bridgehead atoms. The number of carbonyl (C=O) groups is 1. The molecule has 0 spiro atoms. The Labute approximate surface area is 113 Å². The Kier molecular flexibility index (Phi) is 7.19. The molecule has 0 unspecified atom stereocenters. The zero-order valence-electron chi connectivity index (χ0n) is 12.4. The highest BCUT2D eigenvalue weighted by molar-refractivity contribution is 6.73. The molecule has 0 aliphatic carbocycles. The van der Waals surface area contributed by atoms with Crippen molar-refractivity contribution in [1.82, 2.24) is 0 Å². The van der Waals surface area contributed by atoms with E-state index in [1.807, 2.05) is 13.8 Å². The molecule has 0 radical (unpaired) electrons. The second kappa shape index (κ2) is 7.55. The number of carbonyl (C=O) groups excluding carboxylic acids is 1. The minimum absolute atomic E-state index is 0.496. The largest absolute Gasteiger partial charge is 0.407 e. The van der Waals surface area contributed by atoms with Crippen molar-refractivity contribution in [3.05, 3.63) is 11.6 Å². The van der Waals surface area contributed by atoms with Crippen LogP contribution in [0.2, 0.25) is 18.1 Å². The summed E-state index contributed by atoms with van der Waals surface area (Å²) in [6.07, 6.45) is 8.35. The minimum Gasteiger partial charge on any atom is -0.407 e. The quantitative estimate of drug-likeness (QED) is 0.288. The molecule has 0 aromatic rings. The summed E-state index contributed by atoms with van der Waals surface area (Å²) in [4.78, 5) is 10.7. The van der Waals surface area contributed by atoms with Crippen LogP contribution in [0.15, 0.2) is 11.6 Å². The number of aldehydes is 1. The molecule has 0 saturated heterocycles. The van der Waals surface area contributed by atoms with E-state index in [0.717, 1.165) is 30.0 Å². The third-order valence-corrected chi connectivity index (χ3v) is 8.72. The maximum absolute atomic E-state index is 10.7. The van der Waals surface area contributed by atoms with Gasteiger partial charge in [0.25, 0.3) is 0 Å². The summed E-state index contributed by atoms with van der Waals surface area (Å²) in [6.45, 7) is 10.5. The van der Waals surface area contributed by atoms with Gasteiger partial charge in [-0.15, -0.1) is 12.3 Å². The molecule has 1 atom stereocenters. The van der Waals surface area contributed by atoms with Gasteiger partial charge in [0.1, 0.15) is 6.29 Å². The lowest BCUT2D eigenvalue weighted by Crippen LogP contribution is -2.46. The fourth-order valence-electron chi connectivity index (χ4n) is 2.17. The first kappa shape index (κ1) is 17.1. The molecule has 2 nitrogen and oxygen atoms in total. The van der Waals surface area contributed by atoms with E-state index in [1.165, 1.54) is 0 Å². The highest BCUT2D eigenvalue weighted by Crippen LogP contribution is 2.33. The maximum Gasteiger partial charge on any atom is 0.193 e. The number of terminal acetylenes is 1. The Morgan fingerprint density at radius 2 is 1.83 bits per heavy atom. The molecule has 0 fully saturated rings. The summed E-state index contributed by atoms with van der Waals surface area (Å²) in [5, 5.41) is 0. The first-order valence-corrected chi connectivity index (χ1v) is 9.22. The molecule has 18 heavy (non-hydrogen) atoms. The van der Waals surface area contributed by atoms with E-state index in [2.05, 4.69) is 26.7 Å². The molecule has 0 aromatic heterocycles. The van der Waals surface area contributed by atoms with Gasteiger partial charge >= 0.3 is 0 Å². The second-order valence-corrected chi connectivity index (χ2v) is 9.63. The number of hydrogen-bond donors (Lipinski definition) is 0. The predicted octanol–water partition coefficient (Wildman–Crippen LogP) is 3.94. The molecule has 102 valence electrons. The van der Waals surface area contributed by atoms with E-state index in [0.29, 0.717) is 6.42 Å². The van der Waals surface area contributed by atoms with Crippen LogP contribution in [0.3, 0.4) is 0 Å². The van der Waals surface area contributed by atoms with E-state index < -0.39 is 13.9 Å². The van der Waals surface area contributed by atoms with Gasteiger partial charge in [-0.2, -0.15) is 0 Å². The topological polar surface area (TPSA) is 26.3 Å². The molecule has 0 aromatic carbocycles. The fraction of sp³-hybridized carbons (Fsp3) is 0.667. The van der Waals surface area contributed by atoms with Gasteiger partial charge in [-0.05, 0) is 43.6 Å². The Morgan fingerprint density at radius 1 is 1.33 bits per heavy atom. The molecule has 0 aliphatic heterocycles. The molecule has 0 heterocycles. The van der Waals surface area contributed by atoms with Gasteiger partial charge in [0.15, 0.2) is 8.32 Å². The number of allylic oxidation sites excluding steroid dienone is 1. The minimum atomic E-state index is -1.73. The van der Waals surface area contributed by atoms with Crippen LogP contribution in [-0.2, 0) is 9.22 Å². The lowest BCUT2D eigenvalue weighted by molar-refractivity contribution is -0.104. The zero-order valence-corrected chi connectivity index (χ0v) is 13.4. The van der Waals surface area contributed by atoms with E-state index in [9.17, 15) is 4.79 Å². The standard InChI is InChI=1S/C15H26O2Si/c1-7-12-15(6,14(5)11-13-16)17-18(8-2,9-3)10-4/h1,11,13H,8-10,12H2,2-6H3/b14-11+/t15-/m0/s1. The normalized spacial score (nSPS) is 15.9. The van der Waals surface area contributed by atoms with Crippen LogP contribution in [0.4, 0.5) is 0 Å². The molecule has 0 saturated carbocycles. The Balaban J connectivity index is 5.31. The van der Waals surface area contributed by atoms with E-state index in [4.69, 9.17) is 10.8 Å². The first-order valence-electron chi connectivity index (χ1n) is 6.69. The average molecular weight is 266 g/mol. The lowest BCUT2D eigenvalue weighted by atomic mass is 9.94. The highest BCUT2D eigenvalue weighted by atomic mass is 28.4. The van der Waals surface area contributed by atoms with Crippen molar-refractivity contribution in [3.8, 4) is 12.3 Å². The smallest absolute Gasteiger partial charge is 0.193 e. The van der Waals surface area contributed by atoms with Crippen LogP contribution < -0.4 is 0 Å². The van der Waals surface area contributed by atoms with Gasteiger partial charge in [0.05, 0.1) is 5.60 Å². The summed E-state index contributed by atoms with van der Waals surface area (Å²) >= 11 is 0. The third-order valence-electron chi connectivity index (χ3n) is 3.97. The zero-order chi connectivity index (χ0) is 14.2. The Morgan fingerprint density at radius 3 is 2.17 bits per heavy atom. The summed E-state index contributed by atoms with van der Waals surface area (Å²) in [5.41, 5.74) is 0.423. The Bertz CT molecular complexity index is 329. The predicted molar refractivity (Wildman–Crippen MR) is 80.0 cm³/mol. The van der Waals surface area contributed by atoms with Crippen LogP contribution in [0.1, 0.15) is 41.0 Å². The molecular formula is C15H26O2Si. The van der Waals surface area contributed by atoms with Crippen LogP contribution in [0.25, 0.3) is 0 Å². The average Bonchev–Trinajstić information content (AvgIpc) is 2.37. The van der Waals surface area contributed by atoms with Crippen molar-refractivity contribution < 1.29 is 9.22 Å². The Hall–Kier alpha value is -0.853. The van der Waals surface area contributed by atoms with E-state index in [1.54, 1.807) is 6.08 Å². The van der Waals surface area contributed by atoms with Crippen LogP contribution in [-0.4, -0.2) is 20.2 Å². The van der Waals surface area contributed by atoms with Gasteiger partial charge in [-0.1, -0.05) is 20.8 Å². The van der Waals surface area contributed by atoms with Crippen molar-refractivity contribution in [2.75, 3.05) is 0 Å². The van der Waals surface area contributed by atoms with Crippen molar-refractivity contribution >= 4 is 14.6 Å². The van der Waals surface area contributed by atoms with Crippen molar-refractivity contribution in [2.45, 2.75) is 64.8 Å². The highest BCUT2D eigenvalue weighted by Gasteiger charge is 2.38. The molecular weight excluding hydrogens is 240 g/mol. The summed E-state index contributed by atoms with van der Waals surface area (Å²) in [6, 6.07) is 3.23. The van der Waals surface area contributed by atoms with Crippen molar-refractivity contribution in [2.24, 2.45) is 0 Å². The summed E-state index contributed by atoms with van der Waals surface area (Å²) in [5.74, 6) is 2.68. The van der Waals surface area contributed by atoms with Gasteiger partial charge in [-0.3, -0.25) is 4.79 Å². The van der Waals surface area contributed by atoms with Gasteiger partial charge < -0.3 is 4.43 Å². The van der Waals surface area contributed by atoms with E-state index >= 15 is 0 Å². The van der Waals surface area contributed by atoms with Crippen LogP contribution in [0, 0.1) is 12.3 Å². The van der Waals surface area contributed by atoms with Gasteiger partial charge in [0.2, 0.25) is 0 Å². The monoisotopic (exact) mass is 266 g/mol. The second-order valence-electron chi connectivity index (χ2n) is 4.94. The van der Waals surface area contributed by atoms with Gasteiger partial charge in [0, 0.05) is 6.42 Å². The molecule has 0 rings (SSSR count). The van der Waals surface area contributed by atoms with Crippen LogP contribution in [0.5, 0.6) is 0 Å². The molecule has 0 amide bonds. The summed E-state index contributed by atoms with van der Waals surface area (Å²) < 4.78 is 6.50. The van der Waals surface area contributed by atoms with E-state index in [-0.39, 0.29) is 0 Å². The lowest BCUT2D eigenvalue weighted by Gasteiger charge is -2.40. The van der Waals surface area contributed by atoms with Crippen molar-refractivity contribution in [3.63, 3.8) is 0 Å². The van der Waals surface area contributed by atoms with Crippen molar-refractivity contribution in [1.29, 1.82) is 0 Å².